The van der Waals surface area contributed by atoms with E-state index in [-0.39, 0.29) is 5.03 Å². The minimum absolute atomic E-state index is 0.0207. The predicted molar refractivity (Wildman–Crippen MR) is 71.2 cm³/mol. The first kappa shape index (κ1) is 12.6. The molecule has 1 aromatic heterocycles. The van der Waals surface area contributed by atoms with E-state index in [1.807, 2.05) is 0 Å². The van der Waals surface area contributed by atoms with Gasteiger partial charge in [-0.3, -0.25) is 4.72 Å². The Bertz CT molecular complexity index is 626. The van der Waals surface area contributed by atoms with E-state index in [0.29, 0.717) is 10.2 Å². The van der Waals surface area contributed by atoms with Crippen LogP contribution in [0, 0.1) is 0 Å². The summed E-state index contributed by atoms with van der Waals surface area (Å²) in [5, 5.41) is 0.0207. The lowest BCUT2D eigenvalue weighted by Crippen LogP contribution is -2.13. The molecule has 0 unspecified atom stereocenters. The summed E-state index contributed by atoms with van der Waals surface area (Å²) in [7, 11) is -3.62. The van der Waals surface area contributed by atoms with Crippen LogP contribution in [0.2, 0.25) is 0 Å². The van der Waals surface area contributed by atoms with Gasteiger partial charge < -0.3 is 4.98 Å². The normalized spacial score (nSPS) is 11.4. The molecule has 0 spiro atoms. The molecule has 0 radical (unpaired) electrons. The molecular formula is C9H7Br2N3O2S. The summed E-state index contributed by atoms with van der Waals surface area (Å²) in [4.78, 5) is 6.22. The largest absolute Gasteiger partial charge is 0.334 e. The Morgan fingerprint density at radius 2 is 2.06 bits per heavy atom. The number of hydrogen-bond acceptors (Lipinski definition) is 3. The quantitative estimate of drug-likeness (QED) is 0.859. The van der Waals surface area contributed by atoms with E-state index < -0.39 is 10.0 Å². The van der Waals surface area contributed by atoms with Gasteiger partial charge in [-0.25, -0.2) is 4.98 Å². The highest BCUT2D eigenvalue weighted by Crippen LogP contribution is 2.27. The maximum absolute atomic E-state index is 11.9. The van der Waals surface area contributed by atoms with Crippen LogP contribution < -0.4 is 4.72 Å². The van der Waals surface area contributed by atoms with Gasteiger partial charge >= 0.3 is 0 Å². The van der Waals surface area contributed by atoms with Gasteiger partial charge in [-0.05, 0) is 34.1 Å². The van der Waals surface area contributed by atoms with Crippen LogP contribution in [0.3, 0.4) is 0 Å². The number of aromatic nitrogens is 2. The van der Waals surface area contributed by atoms with Gasteiger partial charge in [-0.2, -0.15) is 8.42 Å². The van der Waals surface area contributed by atoms with E-state index in [1.54, 1.807) is 18.2 Å². The number of anilines is 1. The highest BCUT2D eigenvalue weighted by atomic mass is 79.9. The van der Waals surface area contributed by atoms with Gasteiger partial charge in [0.15, 0.2) is 5.03 Å². The first-order valence-corrected chi connectivity index (χ1v) is 7.52. The fraction of sp³-hybridized carbons (Fsp3) is 0. The SMILES string of the molecule is O=S(=O)(Nc1ccc(Br)cc1Br)c1cnc[nH]1. The van der Waals surface area contributed by atoms with E-state index >= 15 is 0 Å². The first-order valence-electron chi connectivity index (χ1n) is 4.45. The number of aromatic amines is 1. The number of hydrogen-bond donors (Lipinski definition) is 2. The number of H-pyrrole nitrogens is 1. The summed E-state index contributed by atoms with van der Waals surface area (Å²) in [5.41, 5.74) is 0.461. The van der Waals surface area contributed by atoms with Crippen LogP contribution in [0.5, 0.6) is 0 Å². The number of nitrogens with zero attached hydrogens (tertiary/aromatic N) is 1. The zero-order chi connectivity index (χ0) is 12.5. The first-order chi connectivity index (χ1) is 7.99. The molecule has 0 bridgehead atoms. The van der Waals surface area contributed by atoms with Crippen LogP contribution >= 0.6 is 31.9 Å². The molecular weight excluding hydrogens is 374 g/mol. The second-order valence-corrected chi connectivity index (χ2v) is 6.57. The lowest BCUT2D eigenvalue weighted by Gasteiger charge is -2.08. The standard InChI is InChI=1S/C9H7Br2N3O2S/c10-6-1-2-8(7(11)3-6)14-17(15,16)9-4-12-5-13-9/h1-5,14H,(H,12,13). The van der Waals surface area contributed by atoms with Crippen molar-refractivity contribution < 1.29 is 8.42 Å². The van der Waals surface area contributed by atoms with Crippen molar-refractivity contribution in [3.63, 3.8) is 0 Å². The van der Waals surface area contributed by atoms with E-state index in [2.05, 4.69) is 46.5 Å². The van der Waals surface area contributed by atoms with Crippen LogP contribution in [0.15, 0.2) is 44.7 Å². The number of benzene rings is 1. The molecule has 0 aliphatic rings. The van der Waals surface area contributed by atoms with Crippen molar-refractivity contribution in [1.29, 1.82) is 0 Å². The Morgan fingerprint density at radius 1 is 1.29 bits per heavy atom. The molecule has 0 aliphatic carbocycles. The zero-order valence-corrected chi connectivity index (χ0v) is 12.3. The van der Waals surface area contributed by atoms with Crippen molar-refractivity contribution in [2.75, 3.05) is 4.72 Å². The van der Waals surface area contributed by atoms with Crippen molar-refractivity contribution in [1.82, 2.24) is 9.97 Å². The van der Waals surface area contributed by atoms with Crippen molar-refractivity contribution >= 4 is 47.6 Å². The Kier molecular flexibility index (Phi) is 3.55. The lowest BCUT2D eigenvalue weighted by molar-refractivity contribution is 0.598. The predicted octanol–water partition coefficient (Wildman–Crippen LogP) is 2.74. The Hall–Kier alpha value is -0.860. The molecule has 2 aromatic rings. The monoisotopic (exact) mass is 379 g/mol. The molecule has 2 rings (SSSR count). The lowest BCUT2D eigenvalue weighted by atomic mass is 10.3. The fourth-order valence-electron chi connectivity index (χ4n) is 1.16. The molecule has 17 heavy (non-hydrogen) atoms. The van der Waals surface area contributed by atoms with Crippen molar-refractivity contribution in [3.8, 4) is 0 Å². The fourth-order valence-corrected chi connectivity index (χ4v) is 3.42. The molecule has 0 fully saturated rings. The topological polar surface area (TPSA) is 74.8 Å². The summed E-state index contributed by atoms with van der Waals surface area (Å²) < 4.78 is 27.7. The number of nitrogens with one attached hydrogen (secondary N) is 2. The van der Waals surface area contributed by atoms with Crippen LogP contribution in [0.25, 0.3) is 0 Å². The molecule has 0 saturated heterocycles. The van der Waals surface area contributed by atoms with Crippen LogP contribution in [0.1, 0.15) is 0 Å². The third kappa shape index (κ3) is 2.88. The highest BCUT2D eigenvalue weighted by molar-refractivity contribution is 9.11. The molecule has 5 nitrogen and oxygen atoms in total. The molecule has 1 heterocycles. The summed E-state index contributed by atoms with van der Waals surface area (Å²) in [6.07, 6.45) is 2.56. The molecule has 0 aliphatic heterocycles. The van der Waals surface area contributed by atoms with Gasteiger partial charge in [0.05, 0.1) is 18.2 Å². The van der Waals surface area contributed by atoms with Crippen molar-refractivity contribution in [2.45, 2.75) is 5.03 Å². The molecule has 0 amide bonds. The van der Waals surface area contributed by atoms with E-state index in [9.17, 15) is 8.42 Å². The second-order valence-electron chi connectivity index (χ2n) is 3.15. The maximum Gasteiger partial charge on any atom is 0.279 e. The van der Waals surface area contributed by atoms with Gasteiger partial charge in [0, 0.05) is 8.95 Å². The van der Waals surface area contributed by atoms with Crippen LogP contribution in [-0.4, -0.2) is 18.4 Å². The molecule has 0 saturated carbocycles. The maximum atomic E-state index is 11.9. The van der Waals surface area contributed by atoms with E-state index in [1.165, 1.54) is 12.5 Å². The van der Waals surface area contributed by atoms with Crippen LogP contribution in [-0.2, 0) is 10.0 Å². The molecule has 8 heteroatoms. The minimum atomic E-state index is -3.62. The van der Waals surface area contributed by atoms with Crippen molar-refractivity contribution in [2.24, 2.45) is 0 Å². The summed E-state index contributed by atoms with van der Waals surface area (Å²) >= 11 is 6.57. The summed E-state index contributed by atoms with van der Waals surface area (Å²) in [6.45, 7) is 0. The summed E-state index contributed by atoms with van der Waals surface area (Å²) in [5.74, 6) is 0. The highest BCUT2D eigenvalue weighted by Gasteiger charge is 2.16. The average molecular weight is 381 g/mol. The van der Waals surface area contributed by atoms with Gasteiger partial charge in [0.25, 0.3) is 10.0 Å². The molecule has 90 valence electrons. The van der Waals surface area contributed by atoms with Gasteiger partial charge in [0.1, 0.15) is 0 Å². The third-order valence-electron chi connectivity index (χ3n) is 1.94. The molecule has 0 atom stereocenters. The number of rotatable bonds is 3. The number of imidazole rings is 1. The smallest absolute Gasteiger partial charge is 0.279 e. The molecule has 2 N–H and O–H groups in total. The third-order valence-corrected chi connectivity index (χ3v) is 4.38. The average Bonchev–Trinajstić information content (AvgIpc) is 2.76. The second kappa shape index (κ2) is 4.79. The Morgan fingerprint density at radius 3 is 2.65 bits per heavy atom. The van der Waals surface area contributed by atoms with Gasteiger partial charge in [-0.1, -0.05) is 15.9 Å². The van der Waals surface area contributed by atoms with Crippen molar-refractivity contribution in [3.05, 3.63) is 39.7 Å². The number of halogens is 2. The number of sulfonamides is 1. The Labute approximate surface area is 115 Å². The zero-order valence-electron chi connectivity index (χ0n) is 8.31. The van der Waals surface area contributed by atoms with Gasteiger partial charge in [0.2, 0.25) is 0 Å². The Balaban J connectivity index is 2.33. The summed E-state index contributed by atoms with van der Waals surface area (Å²) in [6, 6.07) is 5.16. The van der Waals surface area contributed by atoms with Crippen LogP contribution in [0.4, 0.5) is 5.69 Å². The van der Waals surface area contributed by atoms with E-state index in [0.717, 1.165) is 4.47 Å². The minimum Gasteiger partial charge on any atom is -0.334 e. The van der Waals surface area contributed by atoms with E-state index in [4.69, 9.17) is 0 Å². The molecule has 1 aromatic carbocycles. The van der Waals surface area contributed by atoms with Gasteiger partial charge in [-0.15, -0.1) is 0 Å².